The molecule has 0 unspecified atom stereocenters. The van der Waals surface area contributed by atoms with Gasteiger partial charge in [-0.05, 0) is 31.9 Å². The van der Waals surface area contributed by atoms with Crippen molar-refractivity contribution in [3.05, 3.63) is 15.3 Å². The molecule has 60 valence electrons. The molecule has 0 saturated heterocycles. The molecule has 1 rings (SSSR count). The third-order valence-corrected chi connectivity index (χ3v) is 2.06. The van der Waals surface area contributed by atoms with Crippen LogP contribution in [0, 0.1) is 0 Å². The maximum Gasteiger partial charge on any atom is 0.147 e. The monoisotopic (exact) mass is 283 g/mol. The summed E-state index contributed by atoms with van der Waals surface area (Å²) in [5.74, 6) is 0.0683. The fourth-order valence-electron chi connectivity index (χ4n) is 0.558. The molecule has 0 amide bonds. The topological polar surface area (TPSA) is 48.1 Å². The Balaban J connectivity index is 3.09. The molecule has 0 aromatic carbocycles. The van der Waals surface area contributed by atoms with E-state index in [4.69, 9.17) is 9.85 Å². The highest BCUT2D eigenvalue weighted by molar-refractivity contribution is 9.11. The highest BCUT2D eigenvalue weighted by Gasteiger charge is 2.05. The molecule has 5 heteroatoms. The number of pyridine rings is 1. The molecule has 0 bridgehead atoms. The Hall–Kier alpha value is -0.290. The lowest BCUT2D eigenvalue weighted by atomic mass is 10.4. The fourth-order valence-corrected chi connectivity index (χ4v) is 1.57. The number of methoxy groups -OCH3 is 1. The van der Waals surface area contributed by atoms with Gasteiger partial charge in [-0.3, -0.25) is 0 Å². The lowest BCUT2D eigenvalue weighted by molar-refractivity contribution is 0.416. The normalized spacial score (nSPS) is 14.9. The smallest absolute Gasteiger partial charge is 0.147 e. The summed E-state index contributed by atoms with van der Waals surface area (Å²) in [7, 11) is -2.52. The summed E-state index contributed by atoms with van der Waals surface area (Å²) >= 11 is 6.17. The maximum atomic E-state index is 6.91. The molecule has 0 fully saturated rings. The van der Waals surface area contributed by atoms with Crippen LogP contribution in [-0.2, 0) is 0 Å². The largest absolute Gasteiger partial charge is 0.494 e. The Morgan fingerprint density at radius 3 is 3.09 bits per heavy atom. The number of nitrogen functional groups attached to an aromatic ring is 1. The number of anilines is 1. The Bertz CT molecular complexity index is 356. The van der Waals surface area contributed by atoms with Crippen molar-refractivity contribution < 1.29 is 8.85 Å². The van der Waals surface area contributed by atoms with Gasteiger partial charge in [-0.1, -0.05) is 0 Å². The lowest BCUT2D eigenvalue weighted by Crippen LogP contribution is -1.95. The molecule has 1 heterocycles. The van der Waals surface area contributed by atoms with E-state index >= 15 is 0 Å². The van der Waals surface area contributed by atoms with E-state index < -0.39 is 7.04 Å². The molecule has 0 aliphatic heterocycles. The lowest BCUT2D eigenvalue weighted by Gasteiger charge is -2.05. The molecule has 0 aliphatic rings. The predicted molar refractivity (Wildman–Crippen MR) is 50.6 cm³/mol. The molecule has 1 aromatic rings. The summed E-state index contributed by atoms with van der Waals surface area (Å²) < 4.78 is 26.2. The van der Waals surface area contributed by atoms with Crippen LogP contribution in [-0.4, -0.2) is 12.0 Å². The molecular formula is C6H6Br2N2O. The number of hydrogen-bond acceptors (Lipinski definition) is 3. The summed E-state index contributed by atoms with van der Waals surface area (Å²) in [5.41, 5.74) is 5.71. The van der Waals surface area contributed by atoms with Gasteiger partial charge in [0.15, 0.2) is 0 Å². The molecule has 0 spiro atoms. The van der Waals surface area contributed by atoms with E-state index in [2.05, 4.69) is 41.6 Å². The zero-order chi connectivity index (χ0) is 10.9. The van der Waals surface area contributed by atoms with Crippen molar-refractivity contribution in [1.29, 1.82) is 0 Å². The van der Waals surface area contributed by atoms with Crippen molar-refractivity contribution >= 4 is 37.5 Å². The first-order valence-electron chi connectivity index (χ1n) is 4.10. The van der Waals surface area contributed by atoms with Crippen LogP contribution < -0.4 is 10.5 Å². The highest BCUT2D eigenvalue weighted by Crippen LogP contribution is 2.30. The minimum Gasteiger partial charge on any atom is -0.494 e. The van der Waals surface area contributed by atoms with Gasteiger partial charge in [0.2, 0.25) is 0 Å². The average molecular weight is 285 g/mol. The number of nitrogens with zero attached hydrogens (tertiary/aromatic N) is 1. The van der Waals surface area contributed by atoms with Crippen LogP contribution in [0.4, 0.5) is 5.69 Å². The van der Waals surface area contributed by atoms with Gasteiger partial charge in [-0.25, -0.2) is 4.98 Å². The van der Waals surface area contributed by atoms with Gasteiger partial charge in [0.05, 0.1) is 11.2 Å². The van der Waals surface area contributed by atoms with Crippen LogP contribution in [0.1, 0.15) is 4.11 Å². The van der Waals surface area contributed by atoms with E-state index in [1.165, 1.54) is 6.07 Å². The number of aromatic nitrogens is 1. The second-order valence-corrected chi connectivity index (χ2v) is 3.31. The van der Waals surface area contributed by atoms with Gasteiger partial charge >= 0.3 is 0 Å². The van der Waals surface area contributed by atoms with Crippen molar-refractivity contribution in [3.8, 4) is 5.75 Å². The first-order chi connectivity index (χ1) is 6.29. The van der Waals surface area contributed by atoms with E-state index in [0.717, 1.165) is 0 Å². The zero-order valence-corrected chi connectivity index (χ0v) is 8.44. The van der Waals surface area contributed by atoms with Gasteiger partial charge in [0.1, 0.15) is 20.6 Å². The third-order valence-electron chi connectivity index (χ3n) is 1.05. The summed E-state index contributed by atoms with van der Waals surface area (Å²) in [5, 5.41) is 0. The van der Waals surface area contributed by atoms with Crippen LogP contribution in [0.2, 0.25) is 0 Å². The van der Waals surface area contributed by atoms with Crippen LogP contribution in [0.15, 0.2) is 15.3 Å². The van der Waals surface area contributed by atoms with E-state index in [1.54, 1.807) is 0 Å². The van der Waals surface area contributed by atoms with Gasteiger partial charge in [-0.15, -0.1) is 0 Å². The SMILES string of the molecule is [2H]C([2H])([2H])Oc1cc(Br)nc(Br)c1N. The van der Waals surface area contributed by atoms with E-state index in [0.29, 0.717) is 9.21 Å². The van der Waals surface area contributed by atoms with Gasteiger partial charge in [0.25, 0.3) is 0 Å². The van der Waals surface area contributed by atoms with Crippen molar-refractivity contribution in [2.75, 3.05) is 12.8 Å². The first-order valence-corrected chi connectivity index (χ1v) is 4.19. The summed E-state index contributed by atoms with van der Waals surface area (Å²) in [6.45, 7) is 0. The Morgan fingerprint density at radius 1 is 1.73 bits per heavy atom. The van der Waals surface area contributed by atoms with E-state index in [9.17, 15) is 0 Å². The molecule has 0 saturated carbocycles. The summed E-state index contributed by atoms with van der Waals surface area (Å²) in [4.78, 5) is 3.91. The van der Waals surface area contributed by atoms with Crippen molar-refractivity contribution in [2.45, 2.75) is 0 Å². The molecular weight excluding hydrogens is 276 g/mol. The molecule has 1 aromatic heterocycles. The molecule has 11 heavy (non-hydrogen) atoms. The van der Waals surface area contributed by atoms with Crippen molar-refractivity contribution in [1.82, 2.24) is 4.98 Å². The fraction of sp³-hybridized carbons (Fsp3) is 0.167. The minimum atomic E-state index is -2.52. The first kappa shape index (κ1) is 5.37. The quantitative estimate of drug-likeness (QED) is 0.805. The highest BCUT2D eigenvalue weighted by atomic mass is 79.9. The molecule has 2 N–H and O–H groups in total. The van der Waals surface area contributed by atoms with Crippen LogP contribution in [0.25, 0.3) is 0 Å². The predicted octanol–water partition coefficient (Wildman–Crippen LogP) is 2.20. The van der Waals surface area contributed by atoms with Gasteiger partial charge < -0.3 is 10.5 Å². The molecule has 0 aliphatic carbocycles. The van der Waals surface area contributed by atoms with Gasteiger partial charge in [-0.2, -0.15) is 0 Å². The second kappa shape index (κ2) is 3.40. The van der Waals surface area contributed by atoms with Gasteiger partial charge in [0, 0.05) is 6.07 Å². The van der Waals surface area contributed by atoms with E-state index in [1.807, 2.05) is 0 Å². The Labute approximate surface area is 85.4 Å². The number of ether oxygens (including phenoxy) is 1. The zero-order valence-electron chi connectivity index (χ0n) is 8.27. The Morgan fingerprint density at radius 2 is 2.45 bits per heavy atom. The molecule has 0 atom stereocenters. The average Bonchev–Trinajstić information content (AvgIpc) is 1.96. The van der Waals surface area contributed by atoms with Crippen molar-refractivity contribution in [3.63, 3.8) is 0 Å². The van der Waals surface area contributed by atoms with Crippen LogP contribution >= 0.6 is 31.9 Å². The third kappa shape index (κ3) is 1.84. The maximum absolute atomic E-state index is 6.91. The minimum absolute atomic E-state index is 0.0683. The van der Waals surface area contributed by atoms with E-state index in [-0.39, 0.29) is 11.4 Å². The van der Waals surface area contributed by atoms with Crippen molar-refractivity contribution in [2.24, 2.45) is 0 Å². The van der Waals surface area contributed by atoms with Crippen LogP contribution in [0.5, 0.6) is 5.75 Å². The Kier molecular flexibility index (Phi) is 1.66. The second-order valence-electron chi connectivity index (χ2n) is 1.75. The standard InChI is InChI=1S/C6H6Br2N2O/c1-11-3-2-4(7)10-6(8)5(3)9/h2H,9H2,1H3/i1D3. The number of halogens is 2. The number of rotatable bonds is 1. The number of nitrogens with two attached hydrogens (primary N) is 1. The molecule has 0 radical (unpaired) electrons. The summed E-state index contributed by atoms with van der Waals surface area (Å²) in [6.07, 6.45) is 0. The number of hydrogen-bond donors (Lipinski definition) is 1. The van der Waals surface area contributed by atoms with Crippen LogP contribution in [0.3, 0.4) is 0 Å². The summed E-state index contributed by atoms with van der Waals surface area (Å²) in [6, 6.07) is 1.40. The molecule has 3 nitrogen and oxygen atoms in total.